The number of hydrogen-bond donors (Lipinski definition) is 1. The topological polar surface area (TPSA) is 60.9 Å². The summed E-state index contributed by atoms with van der Waals surface area (Å²) in [5.74, 6) is 0.221. The van der Waals surface area contributed by atoms with Crippen molar-refractivity contribution in [2.45, 2.75) is 84.5 Å². The Kier molecular flexibility index (Phi) is 8.18. The van der Waals surface area contributed by atoms with Crippen LogP contribution in [-0.2, 0) is 21.5 Å². The van der Waals surface area contributed by atoms with Crippen LogP contribution >= 0.6 is 11.6 Å². The Morgan fingerprint density at radius 3 is 2.47 bits per heavy atom. The van der Waals surface area contributed by atoms with Gasteiger partial charge in [0.2, 0.25) is 6.41 Å². The molecule has 1 amide bonds. The average molecular weight is 487 g/mol. The van der Waals surface area contributed by atoms with Crippen molar-refractivity contribution in [3.05, 3.63) is 58.8 Å². The highest BCUT2D eigenvalue weighted by molar-refractivity contribution is 6.31. The van der Waals surface area contributed by atoms with E-state index in [1.807, 2.05) is 17.0 Å². The quantitative estimate of drug-likeness (QED) is 0.315. The maximum atomic E-state index is 12.6. The Hall–Kier alpha value is -2.27. The first kappa shape index (κ1) is 26.3. The minimum absolute atomic E-state index is 0.180. The molecule has 1 unspecified atom stereocenters. The van der Waals surface area contributed by atoms with E-state index in [1.54, 1.807) is 0 Å². The first-order chi connectivity index (χ1) is 16.0. The molecule has 1 heterocycles. The van der Waals surface area contributed by atoms with E-state index in [0.717, 1.165) is 53.8 Å². The number of carbonyl (C=O) groups excluding carboxylic acids is 1. The van der Waals surface area contributed by atoms with E-state index in [-0.39, 0.29) is 30.5 Å². The second-order valence-electron chi connectivity index (χ2n) is 10.7. The van der Waals surface area contributed by atoms with Gasteiger partial charge in [-0.15, -0.1) is 0 Å². The molecule has 186 valence electrons. The monoisotopic (exact) mass is 486 g/mol. The maximum absolute atomic E-state index is 12.6. The maximum Gasteiger partial charge on any atom is 0.303 e. The zero-order chi connectivity index (χ0) is 25.2. The molecule has 0 bridgehead atoms. The lowest BCUT2D eigenvalue weighted by atomic mass is 9.73. The van der Waals surface area contributed by atoms with Gasteiger partial charge >= 0.3 is 5.97 Å². The van der Waals surface area contributed by atoms with Crippen LogP contribution in [0.3, 0.4) is 0 Å². The SMILES string of the molecule is C=CC1N(C2CC(CC(=O)O)C2)C=C(C(C)C)[C@](C)(c2ccc(CCC(C)C)c(Cl)c2)N1C=O. The van der Waals surface area contributed by atoms with Crippen LogP contribution in [-0.4, -0.2) is 39.5 Å². The molecule has 6 heteroatoms. The Bertz CT molecular complexity index is 951. The highest BCUT2D eigenvalue weighted by Gasteiger charge is 2.48. The number of benzene rings is 1. The third-order valence-corrected chi connectivity index (χ3v) is 7.96. The summed E-state index contributed by atoms with van der Waals surface area (Å²) in [6, 6.07) is 6.42. The number of aliphatic carboxylic acids is 1. The molecule has 2 atom stereocenters. The van der Waals surface area contributed by atoms with Crippen LogP contribution in [0, 0.1) is 17.8 Å². The molecule has 1 aliphatic heterocycles. The van der Waals surface area contributed by atoms with Gasteiger partial charge < -0.3 is 14.9 Å². The minimum atomic E-state index is -0.753. The summed E-state index contributed by atoms with van der Waals surface area (Å²) < 4.78 is 0. The van der Waals surface area contributed by atoms with E-state index in [1.165, 1.54) is 0 Å². The lowest BCUT2D eigenvalue weighted by Crippen LogP contribution is -2.62. The average Bonchev–Trinajstić information content (AvgIpc) is 2.74. The molecular formula is C28H39ClN2O3. The largest absolute Gasteiger partial charge is 0.481 e. The fraction of sp³-hybridized carbons (Fsp3) is 0.571. The Morgan fingerprint density at radius 1 is 1.29 bits per heavy atom. The summed E-state index contributed by atoms with van der Waals surface area (Å²) in [6.07, 6.45) is 8.41. The van der Waals surface area contributed by atoms with Crippen molar-refractivity contribution in [3.8, 4) is 0 Å². The first-order valence-corrected chi connectivity index (χ1v) is 12.8. The normalized spacial score (nSPS) is 26.9. The third kappa shape index (κ3) is 5.05. The van der Waals surface area contributed by atoms with Crippen molar-refractivity contribution in [2.24, 2.45) is 17.8 Å². The summed E-state index contributed by atoms with van der Waals surface area (Å²) >= 11 is 6.75. The van der Waals surface area contributed by atoms with Crippen molar-refractivity contribution < 1.29 is 14.7 Å². The minimum Gasteiger partial charge on any atom is -0.481 e. The van der Waals surface area contributed by atoms with E-state index in [2.05, 4.69) is 64.4 Å². The van der Waals surface area contributed by atoms with E-state index in [4.69, 9.17) is 16.7 Å². The summed E-state index contributed by atoms with van der Waals surface area (Å²) in [6.45, 7) is 14.8. The molecule has 1 saturated carbocycles. The first-order valence-electron chi connectivity index (χ1n) is 12.4. The van der Waals surface area contributed by atoms with Gasteiger partial charge in [-0.1, -0.05) is 58.0 Å². The van der Waals surface area contributed by atoms with E-state index in [0.29, 0.717) is 5.92 Å². The Labute approximate surface area is 209 Å². The van der Waals surface area contributed by atoms with Gasteiger partial charge in [0.05, 0.1) is 5.54 Å². The van der Waals surface area contributed by atoms with Crippen LogP contribution < -0.4 is 0 Å². The molecule has 1 aromatic carbocycles. The van der Waals surface area contributed by atoms with Gasteiger partial charge in [-0.2, -0.15) is 0 Å². The van der Waals surface area contributed by atoms with Crippen LogP contribution in [0.1, 0.15) is 71.4 Å². The number of carboxylic acid groups (broad SMARTS) is 1. The van der Waals surface area contributed by atoms with Crippen molar-refractivity contribution in [2.75, 3.05) is 0 Å². The number of amides is 1. The number of rotatable bonds is 10. The van der Waals surface area contributed by atoms with Crippen molar-refractivity contribution in [1.29, 1.82) is 0 Å². The van der Waals surface area contributed by atoms with Crippen LogP contribution in [0.2, 0.25) is 5.02 Å². The molecule has 34 heavy (non-hydrogen) atoms. The second-order valence-corrected chi connectivity index (χ2v) is 11.2. The Balaban J connectivity index is 2.00. The van der Waals surface area contributed by atoms with E-state index < -0.39 is 11.5 Å². The molecule has 0 saturated heterocycles. The summed E-state index contributed by atoms with van der Waals surface area (Å²) in [5.41, 5.74) is 2.58. The van der Waals surface area contributed by atoms with Crippen LogP contribution in [0.5, 0.6) is 0 Å². The molecule has 1 aliphatic carbocycles. The molecule has 0 spiro atoms. The number of nitrogens with zero attached hydrogens (tertiary/aromatic N) is 2. The number of halogens is 1. The van der Waals surface area contributed by atoms with Crippen LogP contribution in [0.15, 0.2) is 42.6 Å². The smallest absolute Gasteiger partial charge is 0.303 e. The summed E-state index contributed by atoms with van der Waals surface area (Å²) in [7, 11) is 0. The molecule has 1 N–H and O–H groups in total. The molecule has 3 rings (SSSR count). The van der Waals surface area contributed by atoms with Crippen LogP contribution in [0.4, 0.5) is 0 Å². The number of carboxylic acids is 1. The molecule has 0 aromatic heterocycles. The molecular weight excluding hydrogens is 448 g/mol. The van der Waals surface area contributed by atoms with Crippen molar-refractivity contribution in [3.63, 3.8) is 0 Å². The number of carbonyl (C=O) groups is 2. The molecule has 5 nitrogen and oxygen atoms in total. The summed E-state index contributed by atoms with van der Waals surface area (Å²) in [5, 5.41) is 9.87. The highest BCUT2D eigenvalue weighted by atomic mass is 35.5. The van der Waals surface area contributed by atoms with Crippen LogP contribution in [0.25, 0.3) is 0 Å². The lowest BCUT2D eigenvalue weighted by Gasteiger charge is -2.57. The Morgan fingerprint density at radius 2 is 1.97 bits per heavy atom. The number of aryl methyl sites for hydroxylation is 1. The molecule has 0 radical (unpaired) electrons. The van der Waals surface area contributed by atoms with Gasteiger partial charge in [-0.3, -0.25) is 9.59 Å². The zero-order valence-electron chi connectivity index (χ0n) is 21.1. The van der Waals surface area contributed by atoms with E-state index >= 15 is 0 Å². The zero-order valence-corrected chi connectivity index (χ0v) is 21.9. The number of hydrogen-bond acceptors (Lipinski definition) is 3. The molecule has 1 aromatic rings. The summed E-state index contributed by atoms with van der Waals surface area (Å²) in [4.78, 5) is 27.8. The predicted molar refractivity (Wildman–Crippen MR) is 137 cm³/mol. The third-order valence-electron chi connectivity index (χ3n) is 7.61. The molecule has 2 aliphatic rings. The molecule has 1 fully saturated rings. The van der Waals surface area contributed by atoms with Gasteiger partial charge in [-0.25, -0.2) is 0 Å². The standard InChI is InChI=1S/C28H39ClN2O3/c1-7-26-30(23-12-20(13-23)14-27(33)34)16-24(19(4)5)28(6,31(26)17-32)22-11-10-21(25(29)15-22)9-8-18(2)3/h7,10-11,15-20,23,26H,1,8-9,12-14H2,2-6H3,(H,33,34)/t20?,23?,26?,28-/m0/s1. The second kappa shape index (κ2) is 10.6. The fourth-order valence-electron chi connectivity index (χ4n) is 5.53. The fourth-order valence-corrected chi connectivity index (χ4v) is 5.80. The van der Waals surface area contributed by atoms with Crippen molar-refractivity contribution in [1.82, 2.24) is 9.80 Å². The van der Waals surface area contributed by atoms with Crippen molar-refractivity contribution >= 4 is 24.0 Å². The van der Waals surface area contributed by atoms with Gasteiger partial charge in [0.1, 0.15) is 6.17 Å². The highest BCUT2D eigenvalue weighted by Crippen LogP contribution is 2.47. The van der Waals surface area contributed by atoms with Gasteiger partial charge in [0.25, 0.3) is 0 Å². The van der Waals surface area contributed by atoms with E-state index in [9.17, 15) is 9.59 Å². The predicted octanol–water partition coefficient (Wildman–Crippen LogP) is 6.22. The van der Waals surface area contributed by atoms with Gasteiger partial charge in [-0.05, 0) is 79.2 Å². The van der Waals surface area contributed by atoms with Gasteiger partial charge in [0, 0.05) is 23.7 Å². The lowest BCUT2D eigenvalue weighted by molar-refractivity contribution is -0.140. The van der Waals surface area contributed by atoms with Gasteiger partial charge in [0.15, 0.2) is 0 Å².